The largest absolute Gasteiger partial charge is 0.465 e. The van der Waals surface area contributed by atoms with Crippen LogP contribution in [-0.4, -0.2) is 30.9 Å². The summed E-state index contributed by atoms with van der Waals surface area (Å²) >= 11 is 0. The highest BCUT2D eigenvalue weighted by atomic mass is 16.5. The molecule has 20 heavy (non-hydrogen) atoms. The van der Waals surface area contributed by atoms with Crippen molar-refractivity contribution in [1.29, 1.82) is 0 Å². The first-order valence-corrected chi connectivity index (χ1v) is 7.45. The van der Waals surface area contributed by atoms with E-state index in [0.29, 0.717) is 6.42 Å². The third-order valence-electron chi connectivity index (χ3n) is 2.96. The number of carbonyl (C=O) groups is 3. The Morgan fingerprint density at radius 2 is 1.45 bits per heavy atom. The summed E-state index contributed by atoms with van der Waals surface area (Å²) in [7, 11) is 0. The van der Waals surface area contributed by atoms with E-state index in [9.17, 15) is 14.4 Å². The molecule has 0 unspecified atom stereocenters. The molecule has 0 bridgehead atoms. The van der Waals surface area contributed by atoms with Crippen molar-refractivity contribution in [3.05, 3.63) is 0 Å². The third kappa shape index (κ3) is 7.26. The molecule has 0 saturated heterocycles. The predicted octanol–water partition coefficient (Wildman–Crippen LogP) is 2.66. The second-order valence-corrected chi connectivity index (χ2v) is 4.59. The fourth-order valence-electron chi connectivity index (χ4n) is 1.90. The van der Waals surface area contributed by atoms with Gasteiger partial charge >= 0.3 is 11.9 Å². The third-order valence-corrected chi connectivity index (χ3v) is 2.96. The lowest BCUT2D eigenvalue weighted by Crippen LogP contribution is -2.33. The number of hydrogen-bond donors (Lipinski definition) is 0. The summed E-state index contributed by atoms with van der Waals surface area (Å²) in [5, 5.41) is 0. The summed E-state index contributed by atoms with van der Waals surface area (Å²) in [5.41, 5.74) is 0. The number of rotatable bonds is 11. The SMILES string of the molecule is CCCCCCC[C@H](C(=O)OCC)C(=O)C(=O)OCC. The van der Waals surface area contributed by atoms with Crippen molar-refractivity contribution >= 4 is 17.7 Å². The van der Waals surface area contributed by atoms with Gasteiger partial charge in [0.05, 0.1) is 13.2 Å². The zero-order chi connectivity index (χ0) is 15.4. The van der Waals surface area contributed by atoms with Crippen molar-refractivity contribution in [3.63, 3.8) is 0 Å². The van der Waals surface area contributed by atoms with Gasteiger partial charge in [0.15, 0.2) is 0 Å². The van der Waals surface area contributed by atoms with Gasteiger partial charge in [0.1, 0.15) is 5.92 Å². The first kappa shape index (κ1) is 18.6. The molecule has 0 aliphatic rings. The summed E-state index contributed by atoms with van der Waals surface area (Å²) in [6.07, 6.45) is 5.35. The number of ketones is 1. The zero-order valence-corrected chi connectivity index (χ0v) is 12.8. The van der Waals surface area contributed by atoms with E-state index in [-0.39, 0.29) is 13.2 Å². The Labute approximate surface area is 121 Å². The molecular formula is C15H26O5. The van der Waals surface area contributed by atoms with E-state index in [1.165, 1.54) is 0 Å². The number of carbonyl (C=O) groups excluding carboxylic acids is 3. The van der Waals surface area contributed by atoms with Crippen molar-refractivity contribution in [2.24, 2.45) is 5.92 Å². The molecule has 0 saturated carbocycles. The molecule has 0 amide bonds. The van der Waals surface area contributed by atoms with Crippen LogP contribution in [0.3, 0.4) is 0 Å². The maximum absolute atomic E-state index is 11.9. The van der Waals surface area contributed by atoms with Crippen LogP contribution in [0.25, 0.3) is 0 Å². The lowest BCUT2D eigenvalue weighted by atomic mass is 9.96. The first-order valence-electron chi connectivity index (χ1n) is 7.45. The van der Waals surface area contributed by atoms with Crippen LogP contribution in [0.2, 0.25) is 0 Å². The Hall–Kier alpha value is -1.39. The van der Waals surface area contributed by atoms with Crippen molar-refractivity contribution < 1.29 is 23.9 Å². The van der Waals surface area contributed by atoms with Crippen LogP contribution in [0.15, 0.2) is 0 Å². The molecule has 5 nitrogen and oxygen atoms in total. The van der Waals surface area contributed by atoms with Crippen LogP contribution >= 0.6 is 0 Å². The topological polar surface area (TPSA) is 69.7 Å². The summed E-state index contributed by atoms with van der Waals surface area (Å²) in [4.78, 5) is 35.1. The van der Waals surface area contributed by atoms with E-state index < -0.39 is 23.6 Å². The fraction of sp³-hybridized carbons (Fsp3) is 0.800. The Bertz CT molecular complexity index is 311. The summed E-state index contributed by atoms with van der Waals surface area (Å²) in [5.74, 6) is -3.38. The minimum atomic E-state index is -1.02. The smallest absolute Gasteiger partial charge is 0.375 e. The molecule has 0 heterocycles. The molecule has 0 spiro atoms. The van der Waals surface area contributed by atoms with E-state index in [1.807, 2.05) is 0 Å². The minimum Gasteiger partial charge on any atom is -0.465 e. The maximum Gasteiger partial charge on any atom is 0.375 e. The average molecular weight is 286 g/mol. The van der Waals surface area contributed by atoms with Crippen LogP contribution in [-0.2, 0) is 23.9 Å². The second-order valence-electron chi connectivity index (χ2n) is 4.59. The van der Waals surface area contributed by atoms with Crippen LogP contribution in [0, 0.1) is 5.92 Å². The highest BCUT2D eigenvalue weighted by Gasteiger charge is 2.33. The summed E-state index contributed by atoms with van der Waals surface area (Å²) in [6, 6.07) is 0. The van der Waals surface area contributed by atoms with E-state index in [1.54, 1.807) is 13.8 Å². The monoisotopic (exact) mass is 286 g/mol. The quantitative estimate of drug-likeness (QED) is 0.253. The fourth-order valence-corrected chi connectivity index (χ4v) is 1.90. The van der Waals surface area contributed by atoms with Crippen molar-refractivity contribution in [3.8, 4) is 0 Å². The van der Waals surface area contributed by atoms with Gasteiger partial charge in [-0.1, -0.05) is 39.0 Å². The molecular weight excluding hydrogens is 260 g/mol. The zero-order valence-electron chi connectivity index (χ0n) is 12.8. The van der Waals surface area contributed by atoms with Crippen LogP contribution in [0.4, 0.5) is 0 Å². The Morgan fingerprint density at radius 1 is 0.850 bits per heavy atom. The van der Waals surface area contributed by atoms with Gasteiger partial charge < -0.3 is 9.47 Å². The standard InChI is InChI=1S/C15H26O5/c1-4-7-8-9-10-11-12(14(17)19-5-2)13(16)15(18)20-6-3/h12H,4-11H2,1-3H3/t12-/m0/s1. The van der Waals surface area contributed by atoms with Crippen molar-refractivity contribution in [1.82, 2.24) is 0 Å². The minimum absolute atomic E-state index is 0.122. The van der Waals surface area contributed by atoms with Gasteiger partial charge in [-0.2, -0.15) is 0 Å². The Morgan fingerprint density at radius 3 is 2.00 bits per heavy atom. The van der Waals surface area contributed by atoms with E-state index in [2.05, 4.69) is 11.7 Å². The molecule has 0 aromatic carbocycles. The van der Waals surface area contributed by atoms with Gasteiger partial charge in [0, 0.05) is 0 Å². The Kier molecular flexibility index (Phi) is 10.6. The molecule has 116 valence electrons. The van der Waals surface area contributed by atoms with E-state index in [4.69, 9.17) is 4.74 Å². The molecule has 0 aliphatic heterocycles. The van der Waals surface area contributed by atoms with Gasteiger partial charge in [0.25, 0.3) is 5.78 Å². The lowest BCUT2D eigenvalue weighted by Gasteiger charge is -2.13. The van der Waals surface area contributed by atoms with E-state index in [0.717, 1.165) is 32.1 Å². The number of ether oxygens (including phenoxy) is 2. The van der Waals surface area contributed by atoms with Gasteiger partial charge in [-0.15, -0.1) is 0 Å². The molecule has 5 heteroatoms. The molecule has 0 aromatic rings. The van der Waals surface area contributed by atoms with Crippen LogP contribution in [0.5, 0.6) is 0 Å². The highest BCUT2D eigenvalue weighted by molar-refractivity contribution is 6.37. The molecule has 0 aromatic heterocycles. The lowest BCUT2D eigenvalue weighted by molar-refractivity contribution is -0.162. The first-order chi connectivity index (χ1) is 9.58. The van der Waals surface area contributed by atoms with Crippen LogP contribution in [0.1, 0.15) is 59.3 Å². The molecule has 0 fully saturated rings. The number of unbranched alkanes of at least 4 members (excludes halogenated alkanes) is 4. The average Bonchev–Trinajstić information content (AvgIpc) is 2.42. The van der Waals surface area contributed by atoms with Crippen molar-refractivity contribution in [2.75, 3.05) is 13.2 Å². The highest BCUT2D eigenvalue weighted by Crippen LogP contribution is 2.15. The molecule has 0 rings (SSSR count). The summed E-state index contributed by atoms with van der Waals surface area (Å²) < 4.78 is 9.53. The van der Waals surface area contributed by atoms with Gasteiger partial charge in [-0.05, 0) is 20.3 Å². The number of Topliss-reactive ketones (excluding diaryl/α,β-unsaturated/α-hetero) is 1. The summed E-state index contributed by atoms with van der Waals surface area (Å²) in [6.45, 7) is 5.73. The second kappa shape index (κ2) is 11.4. The van der Waals surface area contributed by atoms with Gasteiger partial charge in [-0.3, -0.25) is 9.59 Å². The van der Waals surface area contributed by atoms with Gasteiger partial charge in [0.2, 0.25) is 0 Å². The van der Waals surface area contributed by atoms with Crippen molar-refractivity contribution in [2.45, 2.75) is 59.3 Å². The number of hydrogen-bond acceptors (Lipinski definition) is 5. The molecule has 1 atom stereocenters. The predicted molar refractivity (Wildman–Crippen MR) is 75.1 cm³/mol. The number of esters is 2. The molecule has 0 aliphatic carbocycles. The molecule has 0 N–H and O–H groups in total. The Balaban J connectivity index is 4.44. The van der Waals surface area contributed by atoms with Gasteiger partial charge in [-0.25, -0.2) is 4.79 Å². The van der Waals surface area contributed by atoms with Crippen LogP contribution < -0.4 is 0 Å². The maximum atomic E-state index is 11.9. The van der Waals surface area contributed by atoms with E-state index >= 15 is 0 Å². The molecule has 0 radical (unpaired) electrons. The normalized spacial score (nSPS) is 11.8.